The summed E-state index contributed by atoms with van der Waals surface area (Å²) in [6.07, 6.45) is 2.47. The summed E-state index contributed by atoms with van der Waals surface area (Å²) >= 11 is 0. The number of hydrogen-bond acceptors (Lipinski definition) is 2. The molecule has 0 amide bonds. The number of ether oxygens (including phenoxy) is 1. The van der Waals surface area contributed by atoms with Crippen molar-refractivity contribution >= 4 is 5.78 Å². The second-order valence-electron chi connectivity index (χ2n) is 4.20. The van der Waals surface area contributed by atoms with Crippen molar-refractivity contribution in [2.24, 2.45) is 0 Å². The van der Waals surface area contributed by atoms with Crippen molar-refractivity contribution in [1.29, 1.82) is 0 Å². The van der Waals surface area contributed by atoms with Gasteiger partial charge in [-0.2, -0.15) is 0 Å². The summed E-state index contributed by atoms with van der Waals surface area (Å²) in [5, 5.41) is 0. The average molecular weight is 204 g/mol. The zero-order chi connectivity index (χ0) is 10.8. The Kier molecular flexibility index (Phi) is 2.76. The molecular formula is C13H16O2. The van der Waals surface area contributed by atoms with E-state index in [9.17, 15) is 4.79 Å². The van der Waals surface area contributed by atoms with Crippen molar-refractivity contribution in [3.8, 4) is 5.75 Å². The van der Waals surface area contributed by atoms with Gasteiger partial charge in [-0.15, -0.1) is 0 Å². The monoisotopic (exact) mass is 204 g/mol. The highest BCUT2D eigenvalue weighted by molar-refractivity contribution is 5.81. The van der Waals surface area contributed by atoms with Crippen molar-refractivity contribution in [2.45, 2.75) is 32.1 Å². The van der Waals surface area contributed by atoms with E-state index in [1.807, 2.05) is 12.1 Å². The largest absolute Gasteiger partial charge is 0.497 e. The Morgan fingerprint density at radius 2 is 2.20 bits per heavy atom. The minimum atomic E-state index is 0.398. The topological polar surface area (TPSA) is 26.3 Å². The van der Waals surface area contributed by atoms with Crippen LogP contribution in [0.5, 0.6) is 5.75 Å². The molecule has 1 aromatic rings. The van der Waals surface area contributed by atoms with Gasteiger partial charge in [0.2, 0.25) is 0 Å². The number of ketones is 1. The first-order valence-electron chi connectivity index (χ1n) is 5.37. The number of aryl methyl sites for hydroxylation is 1. The Labute approximate surface area is 90.3 Å². The molecule has 1 atom stereocenters. The molecule has 1 saturated carbocycles. The maximum Gasteiger partial charge on any atom is 0.133 e. The molecule has 0 spiro atoms. The molecule has 1 aliphatic rings. The maximum atomic E-state index is 11.2. The number of benzene rings is 1. The van der Waals surface area contributed by atoms with Crippen LogP contribution in [0.1, 0.15) is 36.3 Å². The highest BCUT2D eigenvalue weighted by atomic mass is 16.5. The number of rotatable bonds is 2. The lowest BCUT2D eigenvalue weighted by Gasteiger charge is -2.13. The predicted octanol–water partition coefficient (Wildman–Crippen LogP) is 2.84. The van der Waals surface area contributed by atoms with Crippen LogP contribution in [0.25, 0.3) is 0 Å². The molecule has 0 heterocycles. The number of hydrogen-bond donors (Lipinski definition) is 0. The third-order valence-corrected chi connectivity index (χ3v) is 3.16. The van der Waals surface area contributed by atoms with Crippen LogP contribution in [0.4, 0.5) is 0 Å². The molecule has 0 bridgehead atoms. The lowest BCUT2D eigenvalue weighted by molar-refractivity contribution is -0.117. The van der Waals surface area contributed by atoms with Crippen LogP contribution in [0.3, 0.4) is 0 Å². The SMILES string of the molecule is COc1ccc([C@H]2CCC(=O)C2)c(C)c1. The van der Waals surface area contributed by atoms with E-state index in [-0.39, 0.29) is 0 Å². The second-order valence-corrected chi connectivity index (χ2v) is 4.20. The van der Waals surface area contributed by atoms with Gasteiger partial charge >= 0.3 is 0 Å². The zero-order valence-electron chi connectivity index (χ0n) is 9.25. The molecule has 80 valence electrons. The molecule has 15 heavy (non-hydrogen) atoms. The molecule has 1 fully saturated rings. The van der Waals surface area contributed by atoms with Crippen molar-refractivity contribution in [2.75, 3.05) is 7.11 Å². The van der Waals surface area contributed by atoms with Gasteiger partial charge < -0.3 is 4.74 Å². The fourth-order valence-corrected chi connectivity index (χ4v) is 2.31. The van der Waals surface area contributed by atoms with Crippen LogP contribution in [0.15, 0.2) is 18.2 Å². The first kappa shape index (κ1) is 10.2. The fraction of sp³-hybridized carbons (Fsp3) is 0.462. The van der Waals surface area contributed by atoms with Gasteiger partial charge in [-0.3, -0.25) is 4.79 Å². The van der Waals surface area contributed by atoms with E-state index in [2.05, 4.69) is 13.0 Å². The molecule has 0 unspecified atom stereocenters. The van der Waals surface area contributed by atoms with Gasteiger partial charge in [0.25, 0.3) is 0 Å². The molecular weight excluding hydrogens is 188 g/mol. The first-order valence-corrected chi connectivity index (χ1v) is 5.37. The van der Waals surface area contributed by atoms with Gasteiger partial charge in [0.1, 0.15) is 11.5 Å². The third kappa shape index (κ3) is 2.04. The lowest BCUT2D eigenvalue weighted by Crippen LogP contribution is -1.97. The summed E-state index contributed by atoms with van der Waals surface area (Å²) < 4.78 is 5.17. The summed E-state index contributed by atoms with van der Waals surface area (Å²) in [5.41, 5.74) is 2.54. The number of Topliss-reactive ketones (excluding diaryl/α,β-unsaturated/α-hetero) is 1. The quantitative estimate of drug-likeness (QED) is 0.740. The summed E-state index contributed by atoms with van der Waals surface area (Å²) in [6, 6.07) is 6.11. The van der Waals surface area contributed by atoms with Crippen molar-refractivity contribution in [3.05, 3.63) is 29.3 Å². The van der Waals surface area contributed by atoms with E-state index >= 15 is 0 Å². The molecule has 1 aromatic carbocycles. The van der Waals surface area contributed by atoms with Gasteiger partial charge in [-0.1, -0.05) is 6.07 Å². The van der Waals surface area contributed by atoms with Crippen molar-refractivity contribution in [1.82, 2.24) is 0 Å². The minimum absolute atomic E-state index is 0.398. The Morgan fingerprint density at radius 3 is 2.73 bits per heavy atom. The average Bonchev–Trinajstić information content (AvgIpc) is 2.64. The van der Waals surface area contributed by atoms with Crippen LogP contribution in [0, 0.1) is 6.92 Å². The van der Waals surface area contributed by atoms with Gasteiger partial charge in [-0.05, 0) is 42.5 Å². The lowest BCUT2D eigenvalue weighted by atomic mass is 9.93. The van der Waals surface area contributed by atoms with Crippen LogP contribution < -0.4 is 4.74 Å². The Balaban J connectivity index is 2.25. The van der Waals surface area contributed by atoms with Crippen LogP contribution in [-0.4, -0.2) is 12.9 Å². The van der Waals surface area contributed by atoms with E-state index < -0.39 is 0 Å². The zero-order valence-corrected chi connectivity index (χ0v) is 9.25. The molecule has 0 aliphatic heterocycles. The summed E-state index contributed by atoms with van der Waals surface area (Å²) in [4.78, 5) is 11.2. The van der Waals surface area contributed by atoms with E-state index in [4.69, 9.17) is 4.74 Å². The third-order valence-electron chi connectivity index (χ3n) is 3.16. The number of carbonyl (C=O) groups excluding carboxylic acids is 1. The maximum absolute atomic E-state index is 11.2. The smallest absolute Gasteiger partial charge is 0.133 e. The van der Waals surface area contributed by atoms with Gasteiger partial charge in [0.15, 0.2) is 0 Å². The highest BCUT2D eigenvalue weighted by Gasteiger charge is 2.24. The molecule has 2 heteroatoms. The van der Waals surface area contributed by atoms with E-state index in [0.29, 0.717) is 18.1 Å². The summed E-state index contributed by atoms with van der Waals surface area (Å²) in [5.74, 6) is 1.72. The number of carbonyl (C=O) groups is 1. The molecule has 0 radical (unpaired) electrons. The van der Waals surface area contributed by atoms with E-state index in [1.54, 1.807) is 7.11 Å². The van der Waals surface area contributed by atoms with Crippen molar-refractivity contribution in [3.63, 3.8) is 0 Å². The Bertz CT molecular complexity index is 382. The predicted molar refractivity (Wildman–Crippen MR) is 59.3 cm³/mol. The summed E-state index contributed by atoms with van der Waals surface area (Å²) in [7, 11) is 1.67. The first-order chi connectivity index (χ1) is 7.20. The molecule has 2 nitrogen and oxygen atoms in total. The second kappa shape index (κ2) is 4.05. The minimum Gasteiger partial charge on any atom is -0.497 e. The van der Waals surface area contributed by atoms with Crippen LogP contribution in [0.2, 0.25) is 0 Å². The van der Waals surface area contributed by atoms with Crippen molar-refractivity contribution < 1.29 is 9.53 Å². The van der Waals surface area contributed by atoms with Gasteiger partial charge in [0.05, 0.1) is 7.11 Å². The van der Waals surface area contributed by atoms with Gasteiger partial charge in [-0.25, -0.2) is 0 Å². The molecule has 2 rings (SSSR count). The molecule has 0 aromatic heterocycles. The normalized spacial score (nSPS) is 20.7. The highest BCUT2D eigenvalue weighted by Crippen LogP contribution is 2.34. The Hall–Kier alpha value is -1.31. The van der Waals surface area contributed by atoms with Crippen LogP contribution >= 0.6 is 0 Å². The molecule has 0 N–H and O–H groups in total. The standard InChI is InChI=1S/C13H16O2/c1-9-7-12(15-2)5-6-13(9)10-3-4-11(14)8-10/h5-7,10H,3-4,8H2,1-2H3/t10-/m0/s1. The molecule has 1 aliphatic carbocycles. The summed E-state index contributed by atoms with van der Waals surface area (Å²) in [6.45, 7) is 2.08. The molecule has 0 saturated heterocycles. The Morgan fingerprint density at radius 1 is 1.40 bits per heavy atom. The fourth-order valence-electron chi connectivity index (χ4n) is 2.31. The van der Waals surface area contributed by atoms with Crippen LogP contribution in [-0.2, 0) is 4.79 Å². The number of methoxy groups -OCH3 is 1. The van der Waals surface area contributed by atoms with E-state index in [1.165, 1.54) is 11.1 Å². The van der Waals surface area contributed by atoms with E-state index in [0.717, 1.165) is 18.6 Å². The van der Waals surface area contributed by atoms with Gasteiger partial charge in [0, 0.05) is 12.8 Å².